The van der Waals surface area contributed by atoms with Crippen LogP contribution in [0.4, 0.5) is 11.5 Å². The Kier molecular flexibility index (Phi) is 5.69. The second-order valence-electron chi connectivity index (χ2n) is 7.46. The molecule has 3 rings (SSSR count). The highest BCUT2D eigenvalue weighted by molar-refractivity contribution is 6.76. The molecule has 9 heteroatoms. The lowest BCUT2D eigenvalue weighted by molar-refractivity contribution is 0.0817. The summed E-state index contributed by atoms with van der Waals surface area (Å²) in [5.41, 5.74) is 1.79. The fourth-order valence-corrected chi connectivity index (χ4v) is 3.23. The normalized spacial score (nSPS) is 12.0. The molecule has 3 heterocycles. The number of fused-ring (bicyclic) bond motifs is 1. The third-order valence-corrected chi connectivity index (χ3v) is 5.68. The molecule has 0 amide bonds. The summed E-state index contributed by atoms with van der Waals surface area (Å²) in [6, 6.07) is 3.09. The molecular formula is C17H26N6O2Si. The van der Waals surface area contributed by atoms with Crippen molar-refractivity contribution in [1.82, 2.24) is 24.5 Å². The first-order valence-corrected chi connectivity index (χ1v) is 12.4. The van der Waals surface area contributed by atoms with Gasteiger partial charge in [0.05, 0.1) is 36.7 Å². The predicted molar refractivity (Wildman–Crippen MR) is 104 cm³/mol. The monoisotopic (exact) mass is 374 g/mol. The number of aliphatic hydroxyl groups excluding tert-OH is 1. The van der Waals surface area contributed by atoms with Crippen LogP contribution in [0, 0.1) is 0 Å². The first-order chi connectivity index (χ1) is 12.4. The topological polar surface area (TPSA) is 90.0 Å². The van der Waals surface area contributed by atoms with Crippen molar-refractivity contribution in [1.29, 1.82) is 0 Å². The van der Waals surface area contributed by atoms with Crippen LogP contribution in [-0.4, -0.2) is 50.9 Å². The van der Waals surface area contributed by atoms with Crippen LogP contribution in [-0.2, 0) is 18.0 Å². The van der Waals surface area contributed by atoms with E-state index in [1.807, 2.05) is 16.9 Å². The van der Waals surface area contributed by atoms with Crippen LogP contribution in [0.1, 0.15) is 0 Å². The molecule has 0 aliphatic carbocycles. The summed E-state index contributed by atoms with van der Waals surface area (Å²) in [5, 5.41) is 21.7. The fraction of sp³-hybridized carbons (Fsp3) is 0.471. The van der Waals surface area contributed by atoms with Gasteiger partial charge >= 0.3 is 0 Å². The third-order valence-electron chi connectivity index (χ3n) is 3.97. The van der Waals surface area contributed by atoms with E-state index >= 15 is 0 Å². The van der Waals surface area contributed by atoms with E-state index < -0.39 is 8.07 Å². The van der Waals surface area contributed by atoms with Gasteiger partial charge in [0.1, 0.15) is 12.5 Å². The molecule has 3 aromatic rings. The zero-order chi connectivity index (χ0) is 18.6. The van der Waals surface area contributed by atoms with Gasteiger partial charge in [0.15, 0.2) is 0 Å². The lowest BCUT2D eigenvalue weighted by Gasteiger charge is -2.15. The van der Waals surface area contributed by atoms with E-state index in [1.54, 1.807) is 23.3 Å². The van der Waals surface area contributed by atoms with Gasteiger partial charge in [-0.1, -0.05) is 19.6 Å². The van der Waals surface area contributed by atoms with E-state index in [0.717, 1.165) is 29.2 Å². The number of hydrogen-bond donors (Lipinski definition) is 2. The smallest absolute Gasteiger partial charge is 0.139 e. The molecule has 0 fully saturated rings. The van der Waals surface area contributed by atoms with Gasteiger partial charge in [0.25, 0.3) is 0 Å². The number of aromatic nitrogens is 5. The first-order valence-electron chi connectivity index (χ1n) is 8.74. The predicted octanol–water partition coefficient (Wildman–Crippen LogP) is 2.68. The maximum Gasteiger partial charge on any atom is 0.139 e. The summed E-state index contributed by atoms with van der Waals surface area (Å²) in [7, 11) is -1.09. The van der Waals surface area contributed by atoms with Crippen molar-refractivity contribution < 1.29 is 9.84 Å². The molecule has 8 nitrogen and oxygen atoms in total. The van der Waals surface area contributed by atoms with Gasteiger partial charge in [-0.25, -0.2) is 9.67 Å². The maximum absolute atomic E-state index is 8.96. The molecule has 26 heavy (non-hydrogen) atoms. The molecule has 140 valence electrons. The van der Waals surface area contributed by atoms with Crippen molar-refractivity contribution in [2.75, 3.05) is 18.5 Å². The molecule has 0 saturated carbocycles. The van der Waals surface area contributed by atoms with Crippen molar-refractivity contribution in [3.05, 3.63) is 30.9 Å². The lowest BCUT2D eigenvalue weighted by Crippen LogP contribution is -2.22. The molecular weight excluding hydrogens is 348 g/mol. The van der Waals surface area contributed by atoms with E-state index in [4.69, 9.17) is 9.84 Å². The standard InChI is InChI=1S/C17H26N6O2Si/c1-26(2,3)7-6-25-13-23-16-8-17(18-9-14(16)10-20-23)21-15-11-19-22(12-15)4-5-24/h8-12,24H,4-7,13H2,1-3H3,(H,18,21). The van der Waals surface area contributed by atoms with Crippen LogP contribution in [0.5, 0.6) is 0 Å². The minimum atomic E-state index is -1.09. The Bertz CT molecular complexity index is 854. The van der Waals surface area contributed by atoms with E-state index in [9.17, 15) is 0 Å². The van der Waals surface area contributed by atoms with Crippen LogP contribution < -0.4 is 5.32 Å². The SMILES string of the molecule is C[Si](C)(C)CCOCn1ncc2cnc(Nc3cnn(CCO)c3)cc21. The summed E-state index contributed by atoms with van der Waals surface area (Å²) in [4.78, 5) is 4.41. The number of hydrogen-bond acceptors (Lipinski definition) is 6. The minimum absolute atomic E-state index is 0.0578. The van der Waals surface area contributed by atoms with Gasteiger partial charge < -0.3 is 15.2 Å². The Morgan fingerprint density at radius 1 is 1.19 bits per heavy atom. The van der Waals surface area contributed by atoms with Gasteiger partial charge in [0.2, 0.25) is 0 Å². The second-order valence-corrected chi connectivity index (χ2v) is 13.1. The highest BCUT2D eigenvalue weighted by Gasteiger charge is 2.12. The average Bonchev–Trinajstić information content (AvgIpc) is 3.18. The summed E-state index contributed by atoms with van der Waals surface area (Å²) < 4.78 is 9.33. The number of nitrogens with one attached hydrogen (secondary N) is 1. The summed E-state index contributed by atoms with van der Waals surface area (Å²) >= 11 is 0. The van der Waals surface area contributed by atoms with E-state index in [1.165, 1.54) is 0 Å². The van der Waals surface area contributed by atoms with Crippen LogP contribution in [0.2, 0.25) is 25.7 Å². The zero-order valence-corrected chi connectivity index (χ0v) is 16.5. The van der Waals surface area contributed by atoms with Crippen LogP contribution >= 0.6 is 0 Å². The Morgan fingerprint density at radius 2 is 2.04 bits per heavy atom. The van der Waals surface area contributed by atoms with Gasteiger partial charge in [0, 0.05) is 38.5 Å². The molecule has 3 aromatic heterocycles. The molecule has 0 unspecified atom stereocenters. The van der Waals surface area contributed by atoms with Crippen molar-refractivity contribution in [3.63, 3.8) is 0 Å². The number of anilines is 2. The molecule has 0 aliphatic heterocycles. The number of nitrogens with zero attached hydrogens (tertiary/aromatic N) is 5. The number of aliphatic hydroxyl groups is 1. The molecule has 0 aromatic carbocycles. The third kappa shape index (κ3) is 4.90. The Labute approximate surface area is 153 Å². The molecule has 0 spiro atoms. The van der Waals surface area contributed by atoms with Crippen molar-refractivity contribution in [2.45, 2.75) is 39.0 Å². The van der Waals surface area contributed by atoms with Crippen LogP contribution in [0.3, 0.4) is 0 Å². The van der Waals surface area contributed by atoms with E-state index in [2.05, 4.69) is 40.1 Å². The highest BCUT2D eigenvalue weighted by Crippen LogP contribution is 2.20. The zero-order valence-electron chi connectivity index (χ0n) is 15.5. The van der Waals surface area contributed by atoms with Gasteiger partial charge in [-0.3, -0.25) is 4.68 Å². The lowest BCUT2D eigenvalue weighted by atomic mass is 10.3. The minimum Gasteiger partial charge on any atom is -0.394 e. The largest absolute Gasteiger partial charge is 0.394 e. The van der Waals surface area contributed by atoms with Crippen molar-refractivity contribution in [3.8, 4) is 0 Å². The quantitative estimate of drug-likeness (QED) is 0.442. The van der Waals surface area contributed by atoms with E-state index in [-0.39, 0.29) is 6.61 Å². The Hall–Kier alpha value is -2.23. The average molecular weight is 375 g/mol. The molecule has 0 saturated heterocycles. The van der Waals surface area contributed by atoms with Crippen molar-refractivity contribution >= 4 is 30.5 Å². The Balaban J connectivity index is 1.67. The fourth-order valence-electron chi connectivity index (χ4n) is 2.47. The number of pyridine rings is 1. The molecule has 0 radical (unpaired) electrons. The Morgan fingerprint density at radius 3 is 2.81 bits per heavy atom. The van der Waals surface area contributed by atoms with Crippen molar-refractivity contribution in [2.24, 2.45) is 0 Å². The van der Waals surface area contributed by atoms with Gasteiger partial charge in [-0.15, -0.1) is 0 Å². The second kappa shape index (κ2) is 7.98. The van der Waals surface area contributed by atoms with Crippen LogP contribution in [0.25, 0.3) is 10.9 Å². The molecule has 0 bridgehead atoms. The maximum atomic E-state index is 8.96. The summed E-state index contributed by atoms with van der Waals surface area (Å²) in [6.07, 6.45) is 7.13. The molecule has 0 atom stereocenters. The highest BCUT2D eigenvalue weighted by atomic mass is 28.3. The molecule has 2 N–H and O–H groups in total. The first kappa shape index (κ1) is 18.6. The number of rotatable bonds is 9. The van der Waals surface area contributed by atoms with Gasteiger partial charge in [-0.2, -0.15) is 10.2 Å². The van der Waals surface area contributed by atoms with Gasteiger partial charge in [-0.05, 0) is 6.04 Å². The molecule has 0 aliphatic rings. The summed E-state index contributed by atoms with van der Waals surface area (Å²) in [5.74, 6) is 0.713. The van der Waals surface area contributed by atoms with Crippen LogP contribution in [0.15, 0.2) is 30.9 Å². The number of ether oxygens (including phenoxy) is 1. The van der Waals surface area contributed by atoms with E-state index in [0.29, 0.717) is 19.1 Å². The summed E-state index contributed by atoms with van der Waals surface area (Å²) in [6.45, 7) is 8.74.